The van der Waals surface area contributed by atoms with E-state index in [1.165, 1.54) is 11.3 Å². The van der Waals surface area contributed by atoms with Crippen molar-refractivity contribution >= 4 is 28.3 Å². The van der Waals surface area contributed by atoms with Gasteiger partial charge in [0.05, 0.1) is 12.2 Å². The van der Waals surface area contributed by atoms with Gasteiger partial charge >= 0.3 is 12.0 Å². The van der Waals surface area contributed by atoms with Gasteiger partial charge in [0, 0.05) is 10.9 Å². The number of urea groups is 1. The van der Waals surface area contributed by atoms with Crippen molar-refractivity contribution in [3.8, 4) is 0 Å². The molecule has 0 aromatic carbocycles. The average Bonchev–Trinajstić information content (AvgIpc) is 2.81. The molecular formula is C14H22N2O3S. The molecule has 1 heterocycles. The van der Waals surface area contributed by atoms with Crippen LogP contribution >= 0.6 is 11.3 Å². The zero-order chi connectivity index (χ0) is 15.1. The number of thiophene rings is 1. The summed E-state index contributed by atoms with van der Waals surface area (Å²) in [6.07, 6.45) is 1.66. The number of anilines is 1. The Morgan fingerprint density at radius 1 is 1.35 bits per heavy atom. The van der Waals surface area contributed by atoms with Crippen molar-refractivity contribution in [2.75, 3.05) is 11.9 Å². The van der Waals surface area contributed by atoms with E-state index in [-0.39, 0.29) is 12.1 Å². The fraction of sp³-hybridized carbons (Fsp3) is 0.571. The number of ether oxygens (including phenoxy) is 1. The highest BCUT2D eigenvalue weighted by Gasteiger charge is 2.18. The van der Waals surface area contributed by atoms with E-state index < -0.39 is 5.97 Å². The molecule has 112 valence electrons. The molecule has 20 heavy (non-hydrogen) atoms. The first kappa shape index (κ1) is 16.5. The van der Waals surface area contributed by atoms with Crippen LogP contribution < -0.4 is 10.6 Å². The van der Waals surface area contributed by atoms with Gasteiger partial charge in [-0.1, -0.05) is 13.8 Å². The zero-order valence-electron chi connectivity index (χ0n) is 12.4. The topological polar surface area (TPSA) is 67.4 Å². The predicted octanol–water partition coefficient (Wildman–Crippen LogP) is 3.41. The molecule has 0 fully saturated rings. The normalized spacial score (nSPS) is 11.8. The minimum Gasteiger partial charge on any atom is -0.462 e. The van der Waals surface area contributed by atoms with Gasteiger partial charge in [0.25, 0.3) is 0 Å². The predicted molar refractivity (Wildman–Crippen MR) is 81.6 cm³/mol. The maximum Gasteiger partial charge on any atom is 0.341 e. The summed E-state index contributed by atoms with van der Waals surface area (Å²) in [7, 11) is 0. The van der Waals surface area contributed by atoms with Gasteiger partial charge < -0.3 is 10.1 Å². The molecule has 0 bridgehead atoms. The van der Waals surface area contributed by atoms with Crippen LogP contribution in [0, 0.1) is 0 Å². The van der Waals surface area contributed by atoms with Crippen LogP contribution in [0.25, 0.3) is 0 Å². The summed E-state index contributed by atoms with van der Waals surface area (Å²) in [5.41, 5.74) is 0.424. The largest absolute Gasteiger partial charge is 0.462 e. The Morgan fingerprint density at radius 3 is 2.60 bits per heavy atom. The summed E-state index contributed by atoms with van der Waals surface area (Å²) < 4.78 is 5.01. The van der Waals surface area contributed by atoms with Gasteiger partial charge in [0.2, 0.25) is 0 Å². The van der Waals surface area contributed by atoms with Crippen molar-refractivity contribution in [3.63, 3.8) is 0 Å². The second-order valence-electron chi connectivity index (χ2n) is 4.44. The number of nitrogens with one attached hydrogen (secondary N) is 2. The monoisotopic (exact) mass is 298 g/mol. The highest BCUT2D eigenvalue weighted by molar-refractivity contribution is 7.16. The maximum atomic E-state index is 11.9. The van der Waals surface area contributed by atoms with Gasteiger partial charge in [-0.05, 0) is 32.8 Å². The summed E-state index contributed by atoms with van der Waals surface area (Å²) in [5, 5.41) is 6.09. The van der Waals surface area contributed by atoms with E-state index in [1.807, 2.05) is 20.8 Å². The highest BCUT2D eigenvalue weighted by Crippen LogP contribution is 2.29. The Labute approximate surface area is 123 Å². The summed E-state index contributed by atoms with van der Waals surface area (Å²) in [6, 6.07) is 1.57. The van der Waals surface area contributed by atoms with Crippen LogP contribution in [0.3, 0.4) is 0 Å². The van der Waals surface area contributed by atoms with Crippen LogP contribution in [-0.2, 0) is 11.2 Å². The summed E-state index contributed by atoms with van der Waals surface area (Å²) in [5.74, 6) is -0.401. The quantitative estimate of drug-likeness (QED) is 0.791. The Balaban J connectivity index is 2.84. The minimum atomic E-state index is -0.401. The summed E-state index contributed by atoms with van der Waals surface area (Å²) in [4.78, 5) is 24.7. The molecular weight excluding hydrogens is 276 g/mol. The van der Waals surface area contributed by atoms with Gasteiger partial charge in [0.1, 0.15) is 5.00 Å². The van der Waals surface area contributed by atoms with Crippen LogP contribution in [0.4, 0.5) is 9.80 Å². The lowest BCUT2D eigenvalue weighted by atomic mass is 10.2. The molecule has 5 nitrogen and oxygen atoms in total. The van der Waals surface area contributed by atoms with Crippen molar-refractivity contribution < 1.29 is 14.3 Å². The molecule has 6 heteroatoms. The van der Waals surface area contributed by atoms with E-state index in [0.29, 0.717) is 17.2 Å². The third kappa shape index (κ3) is 4.52. The highest BCUT2D eigenvalue weighted by atomic mass is 32.1. The molecule has 0 radical (unpaired) electrons. The molecule has 0 aliphatic rings. The molecule has 1 rings (SSSR count). The first-order valence-electron chi connectivity index (χ1n) is 6.89. The number of esters is 1. The lowest BCUT2D eigenvalue weighted by molar-refractivity contribution is 0.0528. The Hall–Kier alpha value is -1.56. The van der Waals surface area contributed by atoms with Crippen molar-refractivity contribution in [3.05, 3.63) is 16.5 Å². The molecule has 2 N–H and O–H groups in total. The summed E-state index contributed by atoms with van der Waals surface area (Å²) in [6.45, 7) is 8.00. The first-order chi connectivity index (χ1) is 9.51. The smallest absolute Gasteiger partial charge is 0.341 e. The number of rotatable bonds is 6. The van der Waals surface area contributed by atoms with Gasteiger partial charge in [-0.3, -0.25) is 5.32 Å². The van der Waals surface area contributed by atoms with Gasteiger partial charge in [-0.2, -0.15) is 0 Å². The van der Waals surface area contributed by atoms with Crippen LogP contribution in [0.1, 0.15) is 49.4 Å². The Kier molecular flexibility index (Phi) is 6.51. The van der Waals surface area contributed by atoms with Crippen LogP contribution in [0.15, 0.2) is 6.07 Å². The maximum absolute atomic E-state index is 11.9. The van der Waals surface area contributed by atoms with Crippen molar-refractivity contribution in [2.45, 2.75) is 46.6 Å². The van der Waals surface area contributed by atoms with E-state index in [4.69, 9.17) is 4.74 Å². The lowest BCUT2D eigenvalue weighted by Crippen LogP contribution is -2.35. The van der Waals surface area contributed by atoms with Gasteiger partial charge in [-0.15, -0.1) is 11.3 Å². The van der Waals surface area contributed by atoms with Crippen LogP contribution in [0.5, 0.6) is 0 Å². The third-order valence-electron chi connectivity index (χ3n) is 2.84. The zero-order valence-corrected chi connectivity index (χ0v) is 13.2. The molecule has 2 amide bonds. The standard InChI is InChI=1S/C14H22N2O3S/c1-5-9(4)15-14(18)16-12-11(13(17)19-7-3)8-10(6-2)20-12/h8-9H,5-7H2,1-4H3,(H2,15,16,18). The van der Waals surface area contributed by atoms with Gasteiger partial charge in [0.15, 0.2) is 0 Å². The van der Waals surface area contributed by atoms with Crippen molar-refractivity contribution in [2.24, 2.45) is 0 Å². The Bertz CT molecular complexity index is 471. The molecule has 0 aliphatic carbocycles. The van der Waals surface area contributed by atoms with Crippen molar-refractivity contribution in [1.82, 2.24) is 5.32 Å². The fourth-order valence-corrected chi connectivity index (χ4v) is 2.51. The molecule has 1 aromatic rings. The molecule has 1 unspecified atom stereocenters. The minimum absolute atomic E-state index is 0.0895. The lowest BCUT2D eigenvalue weighted by Gasteiger charge is -2.12. The molecule has 0 saturated heterocycles. The average molecular weight is 298 g/mol. The first-order valence-corrected chi connectivity index (χ1v) is 7.70. The molecule has 0 aliphatic heterocycles. The number of hydrogen-bond donors (Lipinski definition) is 2. The number of carbonyl (C=O) groups is 2. The number of amides is 2. The number of carbonyl (C=O) groups excluding carboxylic acids is 2. The molecule has 1 atom stereocenters. The number of hydrogen-bond acceptors (Lipinski definition) is 4. The molecule has 1 aromatic heterocycles. The van der Waals surface area contributed by atoms with Crippen LogP contribution in [-0.4, -0.2) is 24.6 Å². The van der Waals surface area contributed by atoms with E-state index in [0.717, 1.165) is 17.7 Å². The van der Waals surface area contributed by atoms with E-state index in [1.54, 1.807) is 13.0 Å². The van der Waals surface area contributed by atoms with Crippen molar-refractivity contribution in [1.29, 1.82) is 0 Å². The van der Waals surface area contributed by atoms with E-state index in [2.05, 4.69) is 10.6 Å². The SMILES string of the molecule is CCOC(=O)c1cc(CC)sc1NC(=O)NC(C)CC. The number of aryl methyl sites for hydroxylation is 1. The van der Waals surface area contributed by atoms with E-state index >= 15 is 0 Å². The van der Waals surface area contributed by atoms with Gasteiger partial charge in [-0.25, -0.2) is 9.59 Å². The third-order valence-corrected chi connectivity index (χ3v) is 4.04. The molecule has 0 saturated carbocycles. The van der Waals surface area contributed by atoms with E-state index in [9.17, 15) is 9.59 Å². The van der Waals surface area contributed by atoms with Crippen LogP contribution in [0.2, 0.25) is 0 Å². The second-order valence-corrected chi connectivity index (χ2v) is 5.57. The Morgan fingerprint density at radius 2 is 2.05 bits per heavy atom. The second kappa shape index (κ2) is 7.89. The molecule has 0 spiro atoms. The fourth-order valence-electron chi connectivity index (χ4n) is 1.53. The summed E-state index contributed by atoms with van der Waals surface area (Å²) >= 11 is 1.40.